The zero-order valence-electron chi connectivity index (χ0n) is 6.25. The van der Waals surface area contributed by atoms with Crippen molar-refractivity contribution in [3.05, 3.63) is 47.9 Å². The van der Waals surface area contributed by atoms with Gasteiger partial charge in [-0.1, -0.05) is 23.7 Å². The highest BCUT2D eigenvalue weighted by molar-refractivity contribution is 6.30. The second kappa shape index (κ2) is 3.03. The summed E-state index contributed by atoms with van der Waals surface area (Å²) in [6.45, 7) is 0. The third kappa shape index (κ3) is 1.36. The van der Waals surface area contributed by atoms with E-state index in [4.69, 9.17) is 16.0 Å². The molecule has 2 aromatic rings. The number of furan rings is 1. The lowest BCUT2D eigenvalue weighted by Gasteiger charge is -1.95. The van der Waals surface area contributed by atoms with Crippen LogP contribution in [0.1, 0.15) is 0 Å². The van der Waals surface area contributed by atoms with Crippen LogP contribution in [0.15, 0.2) is 41.0 Å². The van der Waals surface area contributed by atoms with Crippen molar-refractivity contribution in [1.29, 1.82) is 0 Å². The molecular formula is C10H6ClO. The normalized spacial score (nSPS) is 10.1. The molecule has 59 valence electrons. The van der Waals surface area contributed by atoms with Crippen LogP contribution < -0.4 is 0 Å². The van der Waals surface area contributed by atoms with Gasteiger partial charge in [0.1, 0.15) is 0 Å². The first kappa shape index (κ1) is 7.44. The van der Waals surface area contributed by atoms with Crippen molar-refractivity contribution in [2.75, 3.05) is 0 Å². The Balaban J connectivity index is 2.48. The van der Waals surface area contributed by atoms with Crippen LogP contribution >= 0.6 is 11.6 Å². The monoisotopic (exact) mass is 177 g/mol. The summed E-state index contributed by atoms with van der Waals surface area (Å²) >= 11 is 5.82. The van der Waals surface area contributed by atoms with Crippen LogP contribution in [0.25, 0.3) is 11.1 Å². The van der Waals surface area contributed by atoms with E-state index in [0.29, 0.717) is 0 Å². The molecule has 0 saturated carbocycles. The largest absolute Gasteiger partial charge is 0.460 e. The van der Waals surface area contributed by atoms with Gasteiger partial charge in [-0.15, -0.1) is 0 Å². The van der Waals surface area contributed by atoms with Gasteiger partial charge in [0, 0.05) is 10.6 Å². The number of hydrogen-bond acceptors (Lipinski definition) is 1. The minimum atomic E-state index is 0.730. The van der Waals surface area contributed by atoms with Crippen molar-refractivity contribution >= 4 is 11.6 Å². The molecule has 0 spiro atoms. The van der Waals surface area contributed by atoms with E-state index >= 15 is 0 Å². The second-order valence-corrected chi connectivity index (χ2v) is 2.90. The van der Waals surface area contributed by atoms with Crippen molar-refractivity contribution in [3.63, 3.8) is 0 Å². The Morgan fingerprint density at radius 3 is 2.83 bits per heavy atom. The zero-order chi connectivity index (χ0) is 8.39. The van der Waals surface area contributed by atoms with Crippen LogP contribution in [-0.2, 0) is 0 Å². The average molecular weight is 178 g/mol. The van der Waals surface area contributed by atoms with Gasteiger partial charge in [-0.25, -0.2) is 0 Å². The van der Waals surface area contributed by atoms with Gasteiger partial charge in [-0.05, 0) is 23.8 Å². The SMILES string of the molecule is Clc1cccc(-c2c[c]oc2)c1. The standard InChI is InChI=1S/C10H6ClO/c11-10-3-1-2-8(6-10)9-4-5-12-7-9/h1-4,6-7H. The summed E-state index contributed by atoms with van der Waals surface area (Å²) < 4.78 is 4.84. The summed E-state index contributed by atoms with van der Waals surface area (Å²) in [5, 5.41) is 0.730. The van der Waals surface area contributed by atoms with Gasteiger partial charge in [-0.2, -0.15) is 0 Å². The van der Waals surface area contributed by atoms with Gasteiger partial charge in [0.05, 0.1) is 6.26 Å². The lowest BCUT2D eigenvalue weighted by atomic mass is 10.1. The molecule has 1 heterocycles. The molecule has 0 unspecified atom stereocenters. The molecule has 0 saturated heterocycles. The summed E-state index contributed by atoms with van der Waals surface area (Å²) in [4.78, 5) is 0. The number of halogens is 1. The summed E-state index contributed by atoms with van der Waals surface area (Å²) in [7, 11) is 0. The minimum Gasteiger partial charge on any atom is -0.460 e. The smallest absolute Gasteiger partial charge is 0.169 e. The van der Waals surface area contributed by atoms with Crippen LogP contribution in [0.3, 0.4) is 0 Å². The lowest BCUT2D eigenvalue weighted by molar-refractivity contribution is 0.559. The Bertz CT molecular complexity index is 365. The predicted octanol–water partition coefficient (Wildman–Crippen LogP) is 3.40. The van der Waals surface area contributed by atoms with Crippen molar-refractivity contribution in [2.24, 2.45) is 0 Å². The van der Waals surface area contributed by atoms with Gasteiger partial charge in [-0.3, -0.25) is 0 Å². The highest BCUT2D eigenvalue weighted by Crippen LogP contribution is 2.22. The molecule has 1 nitrogen and oxygen atoms in total. The maximum Gasteiger partial charge on any atom is 0.169 e. The van der Waals surface area contributed by atoms with Crippen molar-refractivity contribution in [2.45, 2.75) is 0 Å². The molecule has 12 heavy (non-hydrogen) atoms. The Labute approximate surface area is 75.6 Å². The third-order valence-electron chi connectivity index (χ3n) is 1.63. The van der Waals surface area contributed by atoms with E-state index in [0.717, 1.165) is 16.1 Å². The maximum absolute atomic E-state index is 5.82. The number of benzene rings is 1. The lowest BCUT2D eigenvalue weighted by Crippen LogP contribution is -1.71. The van der Waals surface area contributed by atoms with Gasteiger partial charge in [0.2, 0.25) is 0 Å². The molecule has 0 fully saturated rings. The summed E-state index contributed by atoms with van der Waals surface area (Å²) in [6.07, 6.45) is 4.27. The average Bonchev–Trinajstić information content (AvgIpc) is 2.56. The van der Waals surface area contributed by atoms with E-state index < -0.39 is 0 Å². The zero-order valence-corrected chi connectivity index (χ0v) is 7.01. The fraction of sp³-hybridized carbons (Fsp3) is 0. The topological polar surface area (TPSA) is 13.1 Å². The van der Waals surface area contributed by atoms with E-state index in [1.807, 2.05) is 24.3 Å². The molecule has 0 aliphatic rings. The van der Waals surface area contributed by atoms with Crippen molar-refractivity contribution in [3.8, 4) is 11.1 Å². The summed E-state index contributed by atoms with van der Waals surface area (Å²) in [5.41, 5.74) is 2.05. The fourth-order valence-electron chi connectivity index (χ4n) is 1.05. The van der Waals surface area contributed by atoms with Crippen molar-refractivity contribution in [1.82, 2.24) is 0 Å². The van der Waals surface area contributed by atoms with Gasteiger partial charge >= 0.3 is 0 Å². The van der Waals surface area contributed by atoms with Gasteiger partial charge in [0.25, 0.3) is 0 Å². The molecular weight excluding hydrogens is 172 g/mol. The van der Waals surface area contributed by atoms with E-state index in [-0.39, 0.29) is 0 Å². The summed E-state index contributed by atoms with van der Waals surface area (Å²) in [5.74, 6) is 0. The Kier molecular flexibility index (Phi) is 1.88. The molecule has 0 atom stereocenters. The first-order valence-electron chi connectivity index (χ1n) is 3.57. The molecule has 0 amide bonds. The molecule has 1 aromatic heterocycles. The predicted molar refractivity (Wildman–Crippen MR) is 48.0 cm³/mol. The highest BCUT2D eigenvalue weighted by Gasteiger charge is 1.98. The molecule has 0 N–H and O–H groups in total. The van der Waals surface area contributed by atoms with Crippen LogP contribution in [0.5, 0.6) is 0 Å². The first-order chi connectivity index (χ1) is 5.86. The molecule has 2 heteroatoms. The molecule has 0 aliphatic heterocycles. The minimum absolute atomic E-state index is 0.730. The maximum atomic E-state index is 5.82. The van der Waals surface area contributed by atoms with E-state index in [1.54, 1.807) is 12.3 Å². The summed E-state index contributed by atoms with van der Waals surface area (Å²) in [6, 6.07) is 9.40. The Morgan fingerprint density at radius 1 is 1.25 bits per heavy atom. The Hall–Kier alpha value is -1.21. The first-order valence-corrected chi connectivity index (χ1v) is 3.94. The quantitative estimate of drug-likeness (QED) is 0.651. The molecule has 2 rings (SSSR count). The molecule has 0 bridgehead atoms. The van der Waals surface area contributed by atoms with Crippen LogP contribution in [-0.4, -0.2) is 0 Å². The number of rotatable bonds is 1. The van der Waals surface area contributed by atoms with E-state index in [2.05, 4.69) is 6.26 Å². The van der Waals surface area contributed by atoms with Gasteiger partial charge in [0.15, 0.2) is 6.26 Å². The van der Waals surface area contributed by atoms with Gasteiger partial charge < -0.3 is 4.42 Å². The third-order valence-corrected chi connectivity index (χ3v) is 1.86. The highest BCUT2D eigenvalue weighted by atomic mass is 35.5. The fourth-order valence-corrected chi connectivity index (χ4v) is 1.24. The number of hydrogen-bond donors (Lipinski definition) is 0. The molecule has 1 radical (unpaired) electrons. The Morgan fingerprint density at radius 2 is 2.17 bits per heavy atom. The van der Waals surface area contributed by atoms with Crippen LogP contribution in [0, 0.1) is 6.26 Å². The van der Waals surface area contributed by atoms with Crippen molar-refractivity contribution < 1.29 is 4.42 Å². The van der Waals surface area contributed by atoms with E-state index in [9.17, 15) is 0 Å². The second-order valence-electron chi connectivity index (χ2n) is 2.46. The van der Waals surface area contributed by atoms with E-state index in [1.165, 1.54) is 0 Å². The molecule has 0 aliphatic carbocycles. The van der Waals surface area contributed by atoms with Crippen LogP contribution in [0.2, 0.25) is 5.02 Å². The van der Waals surface area contributed by atoms with Crippen LogP contribution in [0.4, 0.5) is 0 Å². The molecule has 1 aromatic carbocycles.